The Morgan fingerprint density at radius 1 is 1.33 bits per heavy atom. The number of aromatic nitrogens is 1. The van der Waals surface area contributed by atoms with Crippen LogP contribution in [0.5, 0.6) is 0 Å². The van der Waals surface area contributed by atoms with Crippen molar-refractivity contribution in [3.8, 4) is 0 Å². The monoisotopic (exact) mass is 367 g/mol. The van der Waals surface area contributed by atoms with E-state index in [1.807, 2.05) is 13.8 Å². The minimum Gasteiger partial charge on any atom is -0.352 e. The minimum atomic E-state index is -3.85. The SMILES string of the molecule is CCC[C@H](C)NC(=O)CN(c1nccs1)S(=O)(=O)c1ccccc1. The third kappa shape index (κ3) is 4.55. The van der Waals surface area contributed by atoms with Crippen molar-refractivity contribution in [2.45, 2.75) is 37.6 Å². The van der Waals surface area contributed by atoms with E-state index in [4.69, 9.17) is 0 Å². The van der Waals surface area contributed by atoms with Crippen molar-refractivity contribution < 1.29 is 13.2 Å². The Morgan fingerprint density at radius 3 is 2.62 bits per heavy atom. The van der Waals surface area contributed by atoms with E-state index in [-0.39, 0.29) is 28.5 Å². The average Bonchev–Trinajstić information content (AvgIpc) is 3.07. The lowest BCUT2D eigenvalue weighted by Gasteiger charge is -2.22. The Kier molecular flexibility index (Phi) is 6.33. The van der Waals surface area contributed by atoms with Crippen LogP contribution >= 0.6 is 11.3 Å². The summed E-state index contributed by atoms with van der Waals surface area (Å²) in [5.41, 5.74) is 0. The standard InChI is InChI=1S/C16H21N3O3S2/c1-3-7-13(2)18-15(20)12-19(16-17-10-11-23-16)24(21,22)14-8-5-4-6-9-14/h4-6,8-11,13H,3,7,12H2,1-2H3,(H,18,20)/t13-/m0/s1. The first kappa shape index (κ1) is 18.4. The van der Waals surface area contributed by atoms with Crippen LogP contribution in [-0.2, 0) is 14.8 Å². The van der Waals surface area contributed by atoms with Gasteiger partial charge in [-0.3, -0.25) is 4.79 Å². The molecule has 2 aromatic rings. The van der Waals surface area contributed by atoms with Gasteiger partial charge in [0, 0.05) is 17.6 Å². The second-order valence-corrected chi connectivity index (χ2v) is 8.13. The van der Waals surface area contributed by atoms with Gasteiger partial charge < -0.3 is 5.32 Å². The van der Waals surface area contributed by atoms with E-state index < -0.39 is 10.0 Å². The molecule has 0 bridgehead atoms. The van der Waals surface area contributed by atoms with Crippen LogP contribution in [0.4, 0.5) is 5.13 Å². The first-order chi connectivity index (χ1) is 11.4. The molecule has 0 saturated heterocycles. The predicted molar refractivity (Wildman–Crippen MR) is 95.6 cm³/mol. The second-order valence-electron chi connectivity index (χ2n) is 5.40. The number of nitrogens with zero attached hydrogens (tertiary/aromatic N) is 2. The van der Waals surface area contributed by atoms with Gasteiger partial charge in [0.1, 0.15) is 6.54 Å². The summed E-state index contributed by atoms with van der Waals surface area (Å²) in [6.45, 7) is 3.64. The smallest absolute Gasteiger partial charge is 0.266 e. The first-order valence-corrected chi connectivity index (χ1v) is 10.0. The molecule has 0 aliphatic carbocycles. The quantitative estimate of drug-likeness (QED) is 0.778. The predicted octanol–water partition coefficient (Wildman–Crippen LogP) is 2.64. The molecule has 0 radical (unpaired) electrons. The van der Waals surface area contributed by atoms with Gasteiger partial charge >= 0.3 is 0 Å². The topological polar surface area (TPSA) is 79.4 Å². The maximum absolute atomic E-state index is 12.9. The number of thiazole rings is 1. The van der Waals surface area contributed by atoms with Crippen LogP contribution < -0.4 is 9.62 Å². The van der Waals surface area contributed by atoms with Gasteiger partial charge in [-0.15, -0.1) is 11.3 Å². The summed E-state index contributed by atoms with van der Waals surface area (Å²) in [7, 11) is -3.85. The van der Waals surface area contributed by atoms with E-state index >= 15 is 0 Å². The Labute approximate surface area is 146 Å². The van der Waals surface area contributed by atoms with Crippen LogP contribution in [0.1, 0.15) is 26.7 Å². The van der Waals surface area contributed by atoms with Gasteiger partial charge in [-0.25, -0.2) is 17.7 Å². The number of benzene rings is 1. The Bertz CT molecular complexity index is 746. The molecule has 0 unspecified atom stereocenters. The van der Waals surface area contributed by atoms with Crippen LogP contribution in [-0.4, -0.2) is 31.9 Å². The van der Waals surface area contributed by atoms with E-state index in [1.165, 1.54) is 29.7 Å². The van der Waals surface area contributed by atoms with Gasteiger partial charge in [-0.2, -0.15) is 0 Å². The molecule has 0 aliphatic rings. The maximum Gasteiger partial charge on any atom is 0.266 e. The van der Waals surface area contributed by atoms with Crippen molar-refractivity contribution >= 4 is 32.4 Å². The Balaban J connectivity index is 2.25. The number of nitrogens with one attached hydrogen (secondary N) is 1. The van der Waals surface area contributed by atoms with E-state index in [0.29, 0.717) is 0 Å². The van der Waals surface area contributed by atoms with Gasteiger partial charge in [-0.05, 0) is 25.5 Å². The second kappa shape index (κ2) is 8.25. The van der Waals surface area contributed by atoms with Crippen molar-refractivity contribution in [3.63, 3.8) is 0 Å². The highest BCUT2D eigenvalue weighted by molar-refractivity contribution is 7.93. The maximum atomic E-state index is 12.9. The lowest BCUT2D eigenvalue weighted by molar-refractivity contribution is -0.120. The van der Waals surface area contributed by atoms with Crippen molar-refractivity contribution in [1.82, 2.24) is 10.3 Å². The molecule has 1 N–H and O–H groups in total. The van der Waals surface area contributed by atoms with Gasteiger partial charge in [0.2, 0.25) is 5.91 Å². The number of rotatable bonds is 8. The third-order valence-corrected chi connectivity index (χ3v) is 6.04. The number of hydrogen-bond donors (Lipinski definition) is 1. The molecule has 0 fully saturated rings. The number of amides is 1. The molecular weight excluding hydrogens is 346 g/mol. The first-order valence-electron chi connectivity index (χ1n) is 7.71. The largest absolute Gasteiger partial charge is 0.352 e. The summed E-state index contributed by atoms with van der Waals surface area (Å²) in [4.78, 5) is 16.5. The van der Waals surface area contributed by atoms with Crippen molar-refractivity contribution in [3.05, 3.63) is 41.9 Å². The Hall–Kier alpha value is -1.93. The van der Waals surface area contributed by atoms with Crippen LogP contribution in [0.15, 0.2) is 46.8 Å². The molecule has 24 heavy (non-hydrogen) atoms. The van der Waals surface area contributed by atoms with Crippen LogP contribution in [0.3, 0.4) is 0 Å². The van der Waals surface area contributed by atoms with E-state index in [2.05, 4.69) is 10.3 Å². The molecule has 2 rings (SSSR count). The number of hydrogen-bond acceptors (Lipinski definition) is 5. The summed E-state index contributed by atoms with van der Waals surface area (Å²) < 4.78 is 26.8. The highest BCUT2D eigenvalue weighted by atomic mass is 32.2. The molecule has 1 aromatic carbocycles. The fourth-order valence-corrected chi connectivity index (χ4v) is 4.54. The zero-order chi connectivity index (χ0) is 17.6. The Morgan fingerprint density at radius 2 is 2.04 bits per heavy atom. The summed E-state index contributed by atoms with van der Waals surface area (Å²) in [5.74, 6) is -0.342. The molecule has 0 spiro atoms. The average molecular weight is 367 g/mol. The molecule has 8 heteroatoms. The molecule has 0 saturated carbocycles. The van der Waals surface area contributed by atoms with E-state index in [9.17, 15) is 13.2 Å². The molecule has 130 valence electrons. The van der Waals surface area contributed by atoms with Crippen molar-refractivity contribution in [2.75, 3.05) is 10.8 Å². The number of carbonyl (C=O) groups is 1. The summed E-state index contributed by atoms with van der Waals surface area (Å²) >= 11 is 1.18. The van der Waals surface area contributed by atoms with E-state index in [1.54, 1.807) is 23.6 Å². The molecule has 1 atom stereocenters. The van der Waals surface area contributed by atoms with Crippen LogP contribution in [0.25, 0.3) is 0 Å². The van der Waals surface area contributed by atoms with Gasteiger partial charge in [-0.1, -0.05) is 31.5 Å². The third-order valence-electron chi connectivity index (χ3n) is 3.38. The molecule has 1 aromatic heterocycles. The molecular formula is C16H21N3O3S2. The number of sulfonamides is 1. The van der Waals surface area contributed by atoms with Gasteiger partial charge in [0.25, 0.3) is 10.0 Å². The van der Waals surface area contributed by atoms with Gasteiger partial charge in [0.05, 0.1) is 4.90 Å². The summed E-state index contributed by atoms with van der Waals surface area (Å²) in [5, 5.41) is 4.78. The molecule has 1 amide bonds. The number of carbonyl (C=O) groups excluding carboxylic acids is 1. The lowest BCUT2D eigenvalue weighted by Crippen LogP contribution is -2.43. The number of anilines is 1. The van der Waals surface area contributed by atoms with Crippen LogP contribution in [0, 0.1) is 0 Å². The highest BCUT2D eigenvalue weighted by Gasteiger charge is 2.29. The zero-order valence-corrected chi connectivity index (χ0v) is 15.3. The summed E-state index contributed by atoms with van der Waals surface area (Å²) in [6, 6.07) is 8.06. The fourth-order valence-electron chi connectivity index (χ4n) is 2.27. The fraction of sp³-hybridized carbons (Fsp3) is 0.375. The minimum absolute atomic E-state index is 0.0000688. The lowest BCUT2D eigenvalue weighted by atomic mass is 10.2. The highest BCUT2D eigenvalue weighted by Crippen LogP contribution is 2.25. The zero-order valence-electron chi connectivity index (χ0n) is 13.7. The van der Waals surface area contributed by atoms with Crippen molar-refractivity contribution in [1.29, 1.82) is 0 Å². The van der Waals surface area contributed by atoms with E-state index in [0.717, 1.165) is 17.1 Å². The molecule has 6 nitrogen and oxygen atoms in total. The van der Waals surface area contributed by atoms with Crippen molar-refractivity contribution in [2.24, 2.45) is 0 Å². The van der Waals surface area contributed by atoms with Crippen LogP contribution in [0.2, 0.25) is 0 Å². The molecule has 0 aliphatic heterocycles. The normalized spacial score (nSPS) is 12.6. The summed E-state index contributed by atoms with van der Waals surface area (Å²) in [6.07, 6.45) is 3.31. The molecule has 1 heterocycles. The van der Waals surface area contributed by atoms with Gasteiger partial charge in [0.15, 0.2) is 5.13 Å².